The fourth-order valence-corrected chi connectivity index (χ4v) is 4.31. The molecule has 198 valence electrons. The fourth-order valence-electron chi connectivity index (χ4n) is 3.44. The largest absolute Gasteiger partial charge is 0.489 e. The Morgan fingerprint density at radius 3 is 2.61 bits per heavy atom. The molecule has 0 radical (unpaired) electrons. The van der Waals surface area contributed by atoms with E-state index < -0.39 is 13.8 Å². The van der Waals surface area contributed by atoms with E-state index in [4.69, 9.17) is 61.6 Å². The normalized spacial score (nSPS) is 11.8. The summed E-state index contributed by atoms with van der Waals surface area (Å²) in [6, 6.07) is 12.6. The van der Waals surface area contributed by atoms with E-state index in [0.29, 0.717) is 17.0 Å². The Morgan fingerprint density at radius 1 is 1.18 bits per heavy atom. The molecule has 3 N–H and O–H groups in total. The number of anilines is 2. The molecule has 0 amide bonds. The molecule has 0 atom stereocenters. The third-order valence-electron chi connectivity index (χ3n) is 5.04. The number of nitrogens with one attached hydrogen (secondary N) is 1. The highest BCUT2D eigenvalue weighted by atomic mass is 35.6. The first-order valence-electron chi connectivity index (χ1n) is 10.6. The SMILES string of the molecule is CS(=O)(=O)Nc1ncc(COc2ccc3c(ccn3-c3cc(Cl)c(OCC(Cl)(Cl)Cl)c(C#N)c3)c2)c(N)n1. The topological polar surface area (TPSA) is 145 Å². The van der Waals surface area contributed by atoms with Crippen LogP contribution in [0.15, 0.2) is 48.8 Å². The zero-order valence-electron chi connectivity index (χ0n) is 19.5. The maximum absolute atomic E-state index is 11.3. The summed E-state index contributed by atoms with van der Waals surface area (Å²) in [4.78, 5) is 7.89. The molecule has 10 nitrogen and oxygen atoms in total. The first-order valence-corrected chi connectivity index (χ1v) is 14.0. The lowest BCUT2D eigenvalue weighted by atomic mass is 10.2. The van der Waals surface area contributed by atoms with Crippen molar-refractivity contribution in [2.24, 2.45) is 0 Å². The second kappa shape index (κ2) is 10.9. The van der Waals surface area contributed by atoms with Gasteiger partial charge in [0.25, 0.3) is 0 Å². The van der Waals surface area contributed by atoms with Crippen LogP contribution in [-0.2, 0) is 16.6 Å². The molecular formula is C23H18Cl4N6O4S. The van der Waals surface area contributed by atoms with E-state index in [0.717, 1.165) is 17.2 Å². The number of nitriles is 1. The third-order valence-corrected chi connectivity index (χ3v) is 6.20. The number of rotatable bonds is 8. The van der Waals surface area contributed by atoms with Crippen LogP contribution in [0, 0.1) is 11.3 Å². The predicted octanol–water partition coefficient (Wildman–Crippen LogP) is 5.23. The van der Waals surface area contributed by atoms with Gasteiger partial charge >= 0.3 is 0 Å². The van der Waals surface area contributed by atoms with Crippen molar-refractivity contribution >= 4 is 79.1 Å². The number of hydrogen-bond acceptors (Lipinski definition) is 8. The number of halogens is 4. The molecule has 0 bridgehead atoms. The van der Waals surface area contributed by atoms with Crippen LogP contribution >= 0.6 is 46.4 Å². The highest BCUT2D eigenvalue weighted by Crippen LogP contribution is 2.35. The van der Waals surface area contributed by atoms with Crippen molar-refractivity contribution < 1.29 is 17.9 Å². The van der Waals surface area contributed by atoms with Gasteiger partial charge in [-0.3, -0.25) is 4.72 Å². The van der Waals surface area contributed by atoms with E-state index in [1.54, 1.807) is 18.2 Å². The number of hydrogen-bond donors (Lipinski definition) is 2. The molecule has 4 aromatic rings. The average molecular weight is 616 g/mol. The molecule has 0 fully saturated rings. The minimum absolute atomic E-state index is 0.0635. The quantitative estimate of drug-likeness (QED) is 0.256. The lowest BCUT2D eigenvalue weighted by Gasteiger charge is -2.16. The van der Waals surface area contributed by atoms with Crippen molar-refractivity contribution in [3.63, 3.8) is 0 Å². The number of sulfonamides is 1. The molecular weight excluding hydrogens is 598 g/mol. The van der Waals surface area contributed by atoms with E-state index >= 15 is 0 Å². The number of aromatic nitrogens is 3. The summed E-state index contributed by atoms with van der Waals surface area (Å²) in [6.45, 7) is -0.214. The van der Waals surface area contributed by atoms with Crippen LogP contribution in [0.5, 0.6) is 11.5 Å². The zero-order valence-corrected chi connectivity index (χ0v) is 23.3. The molecule has 0 aliphatic rings. The Morgan fingerprint density at radius 2 is 1.95 bits per heavy atom. The van der Waals surface area contributed by atoms with Crippen molar-refractivity contribution in [3.8, 4) is 23.3 Å². The van der Waals surface area contributed by atoms with E-state index in [-0.39, 0.29) is 41.3 Å². The fraction of sp³-hybridized carbons (Fsp3) is 0.174. The highest BCUT2D eigenvalue weighted by Gasteiger charge is 2.23. The van der Waals surface area contributed by atoms with Crippen molar-refractivity contribution in [2.45, 2.75) is 10.4 Å². The summed E-state index contributed by atoms with van der Waals surface area (Å²) >= 11 is 23.6. The molecule has 0 unspecified atom stereocenters. The van der Waals surface area contributed by atoms with Crippen LogP contribution in [-0.4, -0.2) is 39.6 Å². The van der Waals surface area contributed by atoms with Crippen molar-refractivity contribution in [1.82, 2.24) is 14.5 Å². The van der Waals surface area contributed by atoms with Gasteiger partial charge in [-0.1, -0.05) is 46.4 Å². The molecule has 0 aliphatic carbocycles. The number of benzene rings is 2. The second-order valence-electron chi connectivity index (χ2n) is 7.99. The molecule has 0 saturated heterocycles. The van der Waals surface area contributed by atoms with Crippen molar-refractivity contribution in [3.05, 3.63) is 64.9 Å². The van der Waals surface area contributed by atoms with Gasteiger partial charge in [-0.25, -0.2) is 13.4 Å². The van der Waals surface area contributed by atoms with Gasteiger partial charge in [-0.2, -0.15) is 10.2 Å². The molecule has 0 spiro atoms. The lowest BCUT2D eigenvalue weighted by Crippen LogP contribution is -2.16. The summed E-state index contributed by atoms with van der Waals surface area (Å²) in [6.07, 6.45) is 4.20. The molecule has 0 aliphatic heterocycles. The van der Waals surface area contributed by atoms with Crippen molar-refractivity contribution in [2.75, 3.05) is 23.3 Å². The number of ether oxygens (including phenoxy) is 2. The Labute approximate surface area is 237 Å². The van der Waals surface area contributed by atoms with Crippen LogP contribution in [0.3, 0.4) is 0 Å². The maximum atomic E-state index is 11.3. The standard InChI is InChI=1S/C23H18Cl4N6O4S/c1-38(34,35)32-22-30-10-15(21(29)31-22)11-36-17-2-3-19-13(7-17)4-5-33(19)16-6-14(9-28)20(18(24)8-16)37-12-23(25,26)27/h2-8,10H,11-12H2,1H3,(H3,29,30,31,32). The summed E-state index contributed by atoms with van der Waals surface area (Å²) < 4.78 is 36.3. The highest BCUT2D eigenvalue weighted by molar-refractivity contribution is 7.91. The third kappa shape index (κ3) is 6.83. The van der Waals surface area contributed by atoms with E-state index in [9.17, 15) is 13.7 Å². The predicted molar refractivity (Wildman–Crippen MR) is 148 cm³/mol. The van der Waals surface area contributed by atoms with E-state index in [1.165, 1.54) is 6.20 Å². The van der Waals surface area contributed by atoms with Crippen LogP contribution in [0.1, 0.15) is 11.1 Å². The molecule has 2 aromatic heterocycles. The Balaban J connectivity index is 1.54. The van der Waals surface area contributed by atoms with Crippen LogP contribution in [0.2, 0.25) is 5.02 Å². The second-order valence-corrected chi connectivity index (χ2v) is 12.7. The Bertz CT molecular complexity index is 1670. The van der Waals surface area contributed by atoms with Gasteiger partial charge in [-0.15, -0.1) is 0 Å². The summed E-state index contributed by atoms with van der Waals surface area (Å²) in [7, 11) is -3.53. The molecule has 0 saturated carbocycles. The van der Waals surface area contributed by atoms with E-state index in [1.807, 2.05) is 29.0 Å². The van der Waals surface area contributed by atoms with Gasteiger partial charge in [0.2, 0.25) is 19.8 Å². The molecule has 15 heteroatoms. The van der Waals surface area contributed by atoms with Crippen LogP contribution in [0.25, 0.3) is 16.6 Å². The van der Waals surface area contributed by atoms with Gasteiger partial charge < -0.3 is 19.8 Å². The van der Waals surface area contributed by atoms with Crippen molar-refractivity contribution in [1.29, 1.82) is 5.26 Å². The van der Waals surface area contributed by atoms with Gasteiger partial charge in [0, 0.05) is 23.5 Å². The average Bonchev–Trinajstić information content (AvgIpc) is 3.24. The maximum Gasteiger partial charge on any atom is 0.238 e. The number of nitrogens with zero attached hydrogens (tertiary/aromatic N) is 4. The Kier molecular flexibility index (Phi) is 8.01. The summed E-state index contributed by atoms with van der Waals surface area (Å²) in [5.41, 5.74) is 8.04. The molecule has 4 rings (SSSR count). The minimum atomic E-state index is -3.53. The molecule has 2 aromatic carbocycles. The molecule has 2 heterocycles. The first-order chi connectivity index (χ1) is 17.8. The Hall–Kier alpha value is -3.14. The number of nitrogen functional groups attached to an aromatic ring is 1. The van der Waals surface area contributed by atoms with Gasteiger partial charge in [0.1, 0.15) is 30.9 Å². The van der Waals surface area contributed by atoms with E-state index in [2.05, 4.69) is 20.8 Å². The monoisotopic (exact) mass is 614 g/mol. The zero-order chi connectivity index (χ0) is 27.7. The summed E-state index contributed by atoms with van der Waals surface area (Å²) in [5, 5.41) is 10.7. The smallest absolute Gasteiger partial charge is 0.238 e. The first kappa shape index (κ1) is 27.9. The van der Waals surface area contributed by atoms with Crippen LogP contribution in [0.4, 0.5) is 11.8 Å². The lowest BCUT2D eigenvalue weighted by molar-refractivity contribution is 0.306. The number of nitrogens with two attached hydrogens (primary N) is 1. The van der Waals surface area contributed by atoms with Gasteiger partial charge in [0.05, 0.1) is 27.9 Å². The minimum Gasteiger partial charge on any atom is -0.489 e. The number of alkyl halides is 3. The van der Waals surface area contributed by atoms with Gasteiger partial charge in [-0.05, 0) is 36.4 Å². The summed E-state index contributed by atoms with van der Waals surface area (Å²) in [5.74, 6) is 0.643. The van der Waals surface area contributed by atoms with Gasteiger partial charge in [0.15, 0.2) is 5.75 Å². The number of fused-ring (bicyclic) bond motifs is 1. The van der Waals surface area contributed by atoms with Crippen LogP contribution < -0.4 is 19.9 Å². The molecule has 38 heavy (non-hydrogen) atoms.